The monoisotopic (exact) mass is 315 g/mol. The highest BCUT2D eigenvalue weighted by atomic mass is 35.5. The molecule has 0 bridgehead atoms. The van der Waals surface area contributed by atoms with Crippen LogP contribution in [-0.2, 0) is 6.42 Å². The summed E-state index contributed by atoms with van der Waals surface area (Å²) >= 11 is 12.1. The van der Waals surface area contributed by atoms with Crippen molar-refractivity contribution in [3.63, 3.8) is 0 Å². The number of benzene rings is 2. The minimum atomic E-state index is -0.952. The number of hydrogen-bond donors (Lipinski definition) is 1. The third-order valence-electron chi connectivity index (χ3n) is 3.15. The molecule has 0 spiro atoms. The Hall–Kier alpha value is -1.16. The molecule has 0 fully saturated rings. The lowest BCUT2D eigenvalue weighted by Gasteiger charge is -2.19. The first kappa shape index (κ1) is 15.2. The predicted molar refractivity (Wildman–Crippen MR) is 78.3 cm³/mol. The summed E-state index contributed by atoms with van der Waals surface area (Å²) in [5, 5.41) is 3.87. The third kappa shape index (κ3) is 3.29. The minimum Gasteiger partial charge on any atom is -0.313 e. The minimum absolute atomic E-state index is 0.190. The van der Waals surface area contributed by atoms with Crippen LogP contribution in [0.25, 0.3) is 0 Å². The van der Waals surface area contributed by atoms with E-state index in [1.54, 1.807) is 13.1 Å². The van der Waals surface area contributed by atoms with Crippen LogP contribution in [0, 0.1) is 11.6 Å². The fourth-order valence-corrected chi connectivity index (χ4v) is 2.55. The first-order chi connectivity index (χ1) is 9.52. The zero-order valence-electron chi connectivity index (χ0n) is 10.8. The molecular weight excluding hydrogens is 303 g/mol. The van der Waals surface area contributed by atoms with Gasteiger partial charge in [0.1, 0.15) is 0 Å². The summed E-state index contributed by atoms with van der Waals surface area (Å²) in [6.07, 6.45) is 0.529. The maximum Gasteiger partial charge on any atom is 0.160 e. The van der Waals surface area contributed by atoms with Gasteiger partial charge in [-0.1, -0.05) is 41.4 Å². The van der Waals surface area contributed by atoms with Gasteiger partial charge in [0.25, 0.3) is 0 Å². The zero-order chi connectivity index (χ0) is 14.7. The number of hydrogen-bond acceptors (Lipinski definition) is 1. The Morgan fingerprint density at radius 2 is 1.70 bits per heavy atom. The van der Waals surface area contributed by atoms with Gasteiger partial charge >= 0.3 is 0 Å². The van der Waals surface area contributed by atoms with Crippen molar-refractivity contribution in [3.8, 4) is 0 Å². The Bertz CT molecular complexity index is 617. The Morgan fingerprint density at radius 1 is 1.05 bits per heavy atom. The quantitative estimate of drug-likeness (QED) is 0.801. The van der Waals surface area contributed by atoms with Gasteiger partial charge < -0.3 is 5.32 Å². The van der Waals surface area contributed by atoms with Crippen molar-refractivity contribution in [2.75, 3.05) is 7.05 Å². The molecule has 0 aliphatic heterocycles. The zero-order valence-corrected chi connectivity index (χ0v) is 12.3. The summed E-state index contributed by atoms with van der Waals surface area (Å²) in [4.78, 5) is 0. The SMILES string of the molecule is CNC(Cc1ccccc1Cl)c1cc(F)c(F)cc1Cl. The molecule has 1 nitrogen and oxygen atoms in total. The van der Waals surface area contributed by atoms with E-state index in [2.05, 4.69) is 5.32 Å². The summed E-state index contributed by atoms with van der Waals surface area (Å²) in [5.74, 6) is -1.87. The maximum atomic E-state index is 13.4. The molecule has 0 saturated carbocycles. The molecule has 0 amide bonds. The highest BCUT2D eigenvalue weighted by Crippen LogP contribution is 2.29. The van der Waals surface area contributed by atoms with Gasteiger partial charge in [-0.05, 0) is 42.8 Å². The van der Waals surface area contributed by atoms with Gasteiger partial charge in [-0.2, -0.15) is 0 Å². The number of nitrogens with one attached hydrogen (secondary N) is 1. The summed E-state index contributed by atoms with van der Waals surface area (Å²) in [5.41, 5.74) is 1.42. The van der Waals surface area contributed by atoms with E-state index in [4.69, 9.17) is 23.2 Å². The van der Waals surface area contributed by atoms with E-state index in [1.165, 1.54) is 0 Å². The van der Waals surface area contributed by atoms with Crippen molar-refractivity contribution >= 4 is 23.2 Å². The standard InChI is InChI=1S/C15H13Cl2F2N/c1-20-15(6-9-4-2-3-5-11(9)16)10-7-13(18)14(19)8-12(10)17/h2-5,7-8,15,20H,6H2,1H3. The normalized spacial score (nSPS) is 12.4. The van der Waals surface area contributed by atoms with Crippen LogP contribution in [0.2, 0.25) is 10.0 Å². The maximum absolute atomic E-state index is 13.4. The first-order valence-corrected chi connectivity index (χ1v) is 6.83. The molecule has 20 heavy (non-hydrogen) atoms. The van der Waals surface area contributed by atoms with Crippen LogP contribution < -0.4 is 5.32 Å². The molecule has 2 aromatic carbocycles. The van der Waals surface area contributed by atoms with Gasteiger partial charge in [0.05, 0.1) is 0 Å². The van der Waals surface area contributed by atoms with Crippen molar-refractivity contribution in [2.24, 2.45) is 0 Å². The summed E-state index contributed by atoms with van der Waals surface area (Å²) in [7, 11) is 1.74. The Kier molecular flexibility index (Phi) is 4.97. The summed E-state index contributed by atoms with van der Waals surface area (Å²) in [6, 6.07) is 9.25. The van der Waals surface area contributed by atoms with Crippen molar-refractivity contribution in [1.29, 1.82) is 0 Å². The number of likely N-dealkylation sites (N-methyl/N-ethyl adjacent to an activating group) is 1. The van der Waals surface area contributed by atoms with E-state index in [0.29, 0.717) is 17.0 Å². The van der Waals surface area contributed by atoms with Crippen LogP contribution in [-0.4, -0.2) is 7.05 Å². The lowest BCUT2D eigenvalue weighted by molar-refractivity contribution is 0.501. The Morgan fingerprint density at radius 3 is 2.35 bits per heavy atom. The van der Waals surface area contributed by atoms with Gasteiger partial charge in [0.2, 0.25) is 0 Å². The summed E-state index contributed by atoms with van der Waals surface area (Å²) in [6.45, 7) is 0. The molecule has 0 aliphatic carbocycles. The molecule has 2 rings (SSSR count). The average molecular weight is 316 g/mol. The van der Waals surface area contributed by atoms with Crippen LogP contribution in [0.4, 0.5) is 8.78 Å². The second-order valence-corrected chi connectivity index (χ2v) is 5.24. The van der Waals surface area contributed by atoms with Crippen LogP contribution >= 0.6 is 23.2 Å². The van der Waals surface area contributed by atoms with Crippen molar-refractivity contribution < 1.29 is 8.78 Å². The highest BCUT2D eigenvalue weighted by Gasteiger charge is 2.18. The number of rotatable bonds is 4. The van der Waals surface area contributed by atoms with E-state index in [9.17, 15) is 8.78 Å². The van der Waals surface area contributed by atoms with Gasteiger partial charge in [-0.15, -0.1) is 0 Å². The van der Waals surface area contributed by atoms with Crippen molar-refractivity contribution in [3.05, 3.63) is 69.2 Å². The average Bonchev–Trinajstić information content (AvgIpc) is 2.42. The second kappa shape index (κ2) is 6.53. The third-order valence-corrected chi connectivity index (χ3v) is 3.84. The van der Waals surface area contributed by atoms with Gasteiger partial charge in [-0.3, -0.25) is 0 Å². The smallest absolute Gasteiger partial charge is 0.160 e. The molecule has 1 atom stereocenters. The van der Waals surface area contributed by atoms with E-state index in [0.717, 1.165) is 17.7 Å². The fraction of sp³-hybridized carbons (Fsp3) is 0.200. The Labute approximate surface area is 126 Å². The molecule has 2 aromatic rings. The molecule has 0 radical (unpaired) electrons. The lowest BCUT2D eigenvalue weighted by atomic mass is 9.98. The molecule has 5 heteroatoms. The fourth-order valence-electron chi connectivity index (χ4n) is 2.06. The van der Waals surface area contributed by atoms with Gasteiger partial charge in [-0.25, -0.2) is 8.78 Å². The molecular formula is C15H13Cl2F2N. The van der Waals surface area contributed by atoms with Crippen LogP contribution in [0.15, 0.2) is 36.4 Å². The van der Waals surface area contributed by atoms with E-state index in [1.807, 2.05) is 18.2 Å². The largest absolute Gasteiger partial charge is 0.313 e. The summed E-state index contributed by atoms with van der Waals surface area (Å²) < 4.78 is 26.5. The molecule has 1 N–H and O–H groups in total. The van der Waals surface area contributed by atoms with Crippen LogP contribution in [0.1, 0.15) is 17.2 Å². The van der Waals surface area contributed by atoms with E-state index < -0.39 is 11.6 Å². The number of halogens is 4. The Balaban J connectivity index is 2.34. The molecule has 1 unspecified atom stereocenters. The predicted octanol–water partition coefficient (Wildman–Crippen LogP) is 4.77. The molecule has 0 saturated heterocycles. The lowest BCUT2D eigenvalue weighted by Crippen LogP contribution is -2.19. The second-order valence-electron chi connectivity index (χ2n) is 4.42. The van der Waals surface area contributed by atoms with E-state index in [-0.39, 0.29) is 11.1 Å². The molecule has 106 valence electrons. The van der Waals surface area contributed by atoms with Crippen molar-refractivity contribution in [1.82, 2.24) is 5.32 Å². The molecule has 0 aromatic heterocycles. The highest BCUT2D eigenvalue weighted by molar-refractivity contribution is 6.31. The molecule has 0 heterocycles. The van der Waals surface area contributed by atoms with Crippen molar-refractivity contribution in [2.45, 2.75) is 12.5 Å². The van der Waals surface area contributed by atoms with Crippen LogP contribution in [0.5, 0.6) is 0 Å². The van der Waals surface area contributed by atoms with Crippen LogP contribution in [0.3, 0.4) is 0 Å². The first-order valence-electron chi connectivity index (χ1n) is 6.08. The van der Waals surface area contributed by atoms with Gasteiger partial charge in [0, 0.05) is 16.1 Å². The topological polar surface area (TPSA) is 12.0 Å². The van der Waals surface area contributed by atoms with E-state index >= 15 is 0 Å². The van der Waals surface area contributed by atoms with Gasteiger partial charge in [0.15, 0.2) is 11.6 Å². The molecule has 0 aliphatic rings.